The highest BCUT2D eigenvalue weighted by Crippen LogP contribution is 2.31. The second-order valence-electron chi connectivity index (χ2n) is 6.71. The van der Waals surface area contributed by atoms with Crippen LogP contribution in [0.5, 0.6) is 11.5 Å². The summed E-state index contributed by atoms with van der Waals surface area (Å²) < 4.78 is 11.2. The van der Waals surface area contributed by atoms with Crippen LogP contribution < -0.4 is 15.2 Å². The zero-order valence-corrected chi connectivity index (χ0v) is 15.2. The van der Waals surface area contributed by atoms with E-state index in [0.29, 0.717) is 12.5 Å². The Bertz CT molecular complexity index is 675. The van der Waals surface area contributed by atoms with E-state index in [1.165, 1.54) is 11.1 Å². The number of hydrogen-bond donors (Lipinski definition) is 1. The molecular weight excluding hydrogens is 312 g/mol. The van der Waals surface area contributed by atoms with Gasteiger partial charge in [0.25, 0.3) is 0 Å². The Hall–Kier alpha value is -2.04. The summed E-state index contributed by atoms with van der Waals surface area (Å²) in [6.45, 7) is 5.58. The molecule has 1 aliphatic rings. The number of rotatable bonds is 7. The van der Waals surface area contributed by atoms with Crippen molar-refractivity contribution in [1.29, 1.82) is 0 Å². The zero-order valence-electron chi connectivity index (χ0n) is 15.2. The quantitative estimate of drug-likeness (QED) is 0.839. The van der Waals surface area contributed by atoms with Crippen molar-refractivity contribution in [2.24, 2.45) is 5.73 Å². The molecule has 3 rings (SSSR count). The van der Waals surface area contributed by atoms with E-state index in [1.807, 2.05) is 6.07 Å². The number of hydrogen-bond acceptors (Lipinski definition) is 4. The van der Waals surface area contributed by atoms with Crippen LogP contribution in [0.1, 0.15) is 30.4 Å². The van der Waals surface area contributed by atoms with E-state index >= 15 is 0 Å². The van der Waals surface area contributed by atoms with Crippen LogP contribution in [0.3, 0.4) is 0 Å². The minimum absolute atomic E-state index is 0.177. The summed E-state index contributed by atoms with van der Waals surface area (Å²) in [5, 5.41) is 0. The Balaban J connectivity index is 1.66. The highest BCUT2D eigenvalue weighted by Gasteiger charge is 2.31. The van der Waals surface area contributed by atoms with Gasteiger partial charge in [0.2, 0.25) is 0 Å². The van der Waals surface area contributed by atoms with Gasteiger partial charge < -0.3 is 15.2 Å². The van der Waals surface area contributed by atoms with Gasteiger partial charge in [-0.05, 0) is 29.7 Å². The normalized spacial score (nSPS) is 20.6. The highest BCUT2D eigenvalue weighted by molar-refractivity contribution is 5.43. The van der Waals surface area contributed by atoms with Gasteiger partial charge in [-0.2, -0.15) is 0 Å². The fraction of sp³-hybridized carbons (Fsp3) is 0.429. The Morgan fingerprint density at radius 2 is 1.88 bits per heavy atom. The van der Waals surface area contributed by atoms with E-state index in [1.54, 1.807) is 7.11 Å². The third kappa shape index (κ3) is 4.33. The molecule has 4 nitrogen and oxygen atoms in total. The summed E-state index contributed by atoms with van der Waals surface area (Å²) in [7, 11) is 1.69. The van der Waals surface area contributed by atoms with Crippen LogP contribution in [0, 0.1) is 0 Å². The van der Waals surface area contributed by atoms with Crippen molar-refractivity contribution in [2.45, 2.75) is 31.8 Å². The predicted octanol–water partition coefficient (Wildman–Crippen LogP) is 3.41. The molecule has 2 aromatic carbocycles. The van der Waals surface area contributed by atoms with Gasteiger partial charge in [0.1, 0.15) is 0 Å². The molecule has 134 valence electrons. The first-order valence-corrected chi connectivity index (χ1v) is 9.04. The highest BCUT2D eigenvalue weighted by atomic mass is 16.5. The molecule has 0 radical (unpaired) electrons. The molecule has 4 heteroatoms. The lowest BCUT2D eigenvalue weighted by molar-refractivity contribution is 0.292. The van der Waals surface area contributed by atoms with Crippen LogP contribution in [0.4, 0.5) is 0 Å². The molecule has 0 unspecified atom stereocenters. The van der Waals surface area contributed by atoms with Crippen LogP contribution in [-0.2, 0) is 6.54 Å². The second-order valence-corrected chi connectivity index (χ2v) is 6.71. The minimum atomic E-state index is 0.177. The zero-order chi connectivity index (χ0) is 17.6. The van der Waals surface area contributed by atoms with E-state index in [-0.39, 0.29) is 6.04 Å². The van der Waals surface area contributed by atoms with Crippen molar-refractivity contribution in [3.05, 3.63) is 59.7 Å². The summed E-state index contributed by atoms with van der Waals surface area (Å²) in [6.07, 6.45) is 0.984. The smallest absolute Gasteiger partial charge is 0.161 e. The summed E-state index contributed by atoms with van der Waals surface area (Å²) in [6, 6.07) is 17.0. The molecule has 1 saturated heterocycles. The Labute approximate surface area is 150 Å². The number of nitrogens with two attached hydrogens (primary N) is 1. The molecule has 0 aromatic heterocycles. The van der Waals surface area contributed by atoms with Gasteiger partial charge in [-0.25, -0.2) is 0 Å². The van der Waals surface area contributed by atoms with Crippen LogP contribution in [-0.4, -0.2) is 37.7 Å². The van der Waals surface area contributed by atoms with E-state index in [9.17, 15) is 0 Å². The molecule has 0 aliphatic carbocycles. The monoisotopic (exact) mass is 340 g/mol. The molecule has 25 heavy (non-hydrogen) atoms. The van der Waals surface area contributed by atoms with Gasteiger partial charge in [-0.15, -0.1) is 0 Å². The molecule has 1 aliphatic heterocycles. The van der Waals surface area contributed by atoms with Gasteiger partial charge >= 0.3 is 0 Å². The number of benzene rings is 2. The predicted molar refractivity (Wildman–Crippen MR) is 101 cm³/mol. The SMILES string of the molecule is CCCOc1ccc(CN2C[C@@H](N)[C@H](c3ccccc3)C2)cc1OC. The van der Waals surface area contributed by atoms with Gasteiger partial charge in [-0.3, -0.25) is 4.90 Å². The average molecular weight is 340 g/mol. The molecule has 0 spiro atoms. The third-order valence-electron chi connectivity index (χ3n) is 4.76. The standard InChI is InChI=1S/C21H28N2O2/c1-3-11-25-20-10-9-16(12-21(20)24-2)13-23-14-18(19(22)15-23)17-7-5-4-6-8-17/h4-10,12,18-19H,3,11,13-15,22H2,1-2H3/t18-,19+/m0/s1. The van der Waals surface area contributed by atoms with E-state index in [2.05, 4.69) is 54.3 Å². The van der Waals surface area contributed by atoms with Gasteiger partial charge in [0.15, 0.2) is 11.5 Å². The molecular formula is C21H28N2O2. The molecule has 1 heterocycles. The molecule has 0 bridgehead atoms. The lowest BCUT2D eigenvalue weighted by Gasteiger charge is -2.17. The van der Waals surface area contributed by atoms with Gasteiger partial charge in [0.05, 0.1) is 13.7 Å². The average Bonchev–Trinajstić information content (AvgIpc) is 3.01. The summed E-state index contributed by atoms with van der Waals surface area (Å²) >= 11 is 0. The first kappa shape index (κ1) is 17.8. The van der Waals surface area contributed by atoms with Crippen molar-refractivity contribution in [3.8, 4) is 11.5 Å². The van der Waals surface area contributed by atoms with Gasteiger partial charge in [-0.1, -0.05) is 43.3 Å². The van der Waals surface area contributed by atoms with Crippen LogP contribution >= 0.6 is 0 Å². The van der Waals surface area contributed by atoms with E-state index in [0.717, 1.165) is 37.6 Å². The maximum Gasteiger partial charge on any atom is 0.161 e. The number of ether oxygens (including phenoxy) is 2. The van der Waals surface area contributed by atoms with Crippen molar-refractivity contribution in [2.75, 3.05) is 26.8 Å². The lowest BCUT2D eigenvalue weighted by Crippen LogP contribution is -2.28. The Kier molecular flexibility index (Phi) is 5.95. The summed E-state index contributed by atoms with van der Waals surface area (Å²) in [5.74, 6) is 2.01. The maximum absolute atomic E-state index is 6.40. The van der Waals surface area contributed by atoms with Crippen LogP contribution in [0.25, 0.3) is 0 Å². The Morgan fingerprint density at radius 3 is 2.60 bits per heavy atom. The lowest BCUT2D eigenvalue weighted by atomic mass is 9.95. The van der Waals surface area contributed by atoms with Crippen LogP contribution in [0.2, 0.25) is 0 Å². The third-order valence-corrected chi connectivity index (χ3v) is 4.76. The molecule has 1 fully saturated rings. The first-order chi connectivity index (χ1) is 12.2. The van der Waals surface area contributed by atoms with Crippen molar-refractivity contribution >= 4 is 0 Å². The fourth-order valence-corrected chi connectivity index (χ4v) is 3.50. The fourth-order valence-electron chi connectivity index (χ4n) is 3.50. The largest absolute Gasteiger partial charge is 0.493 e. The Morgan fingerprint density at radius 1 is 1.08 bits per heavy atom. The minimum Gasteiger partial charge on any atom is -0.493 e. The molecule has 0 saturated carbocycles. The van der Waals surface area contributed by atoms with E-state index < -0.39 is 0 Å². The summed E-state index contributed by atoms with van der Waals surface area (Å²) in [4.78, 5) is 2.42. The number of likely N-dealkylation sites (tertiary alicyclic amines) is 1. The van der Waals surface area contributed by atoms with Crippen LogP contribution in [0.15, 0.2) is 48.5 Å². The van der Waals surface area contributed by atoms with Gasteiger partial charge in [0, 0.05) is 31.6 Å². The van der Waals surface area contributed by atoms with E-state index in [4.69, 9.17) is 15.2 Å². The molecule has 0 amide bonds. The molecule has 2 atom stereocenters. The number of methoxy groups -OCH3 is 1. The van der Waals surface area contributed by atoms with Crippen molar-refractivity contribution in [1.82, 2.24) is 4.90 Å². The number of nitrogens with zero attached hydrogens (tertiary/aromatic N) is 1. The summed E-state index contributed by atoms with van der Waals surface area (Å²) in [5.41, 5.74) is 8.96. The van der Waals surface area contributed by atoms with Crippen molar-refractivity contribution in [3.63, 3.8) is 0 Å². The second kappa shape index (κ2) is 8.37. The maximum atomic E-state index is 6.40. The molecule has 2 aromatic rings. The van der Waals surface area contributed by atoms with Crippen molar-refractivity contribution < 1.29 is 9.47 Å². The first-order valence-electron chi connectivity index (χ1n) is 9.04. The molecule has 2 N–H and O–H groups in total. The topological polar surface area (TPSA) is 47.7 Å².